The van der Waals surface area contributed by atoms with Crippen LogP contribution < -0.4 is 20.1 Å². The molecule has 0 radical (unpaired) electrons. The molecule has 6 rings (SSSR count). The summed E-state index contributed by atoms with van der Waals surface area (Å²) in [6, 6.07) is 3.93. The number of nitrogens with one attached hydrogen (secondary N) is 3. The van der Waals surface area contributed by atoms with Crippen molar-refractivity contribution >= 4 is 46.0 Å². The number of carbonyl (C=O) groups is 1. The van der Waals surface area contributed by atoms with Crippen LogP contribution >= 0.6 is 11.6 Å². The van der Waals surface area contributed by atoms with E-state index in [0.29, 0.717) is 90.7 Å². The summed E-state index contributed by atoms with van der Waals surface area (Å²) in [7, 11) is 0. The van der Waals surface area contributed by atoms with Crippen LogP contribution in [-0.2, 0) is 4.74 Å². The Bertz CT molecular complexity index is 1250. The van der Waals surface area contributed by atoms with Crippen LogP contribution in [0.3, 0.4) is 0 Å². The third-order valence-corrected chi connectivity index (χ3v) is 6.94. The van der Waals surface area contributed by atoms with E-state index in [-0.39, 0.29) is 5.91 Å². The van der Waals surface area contributed by atoms with Crippen molar-refractivity contribution < 1.29 is 19.0 Å². The highest BCUT2D eigenvalue weighted by atomic mass is 35.5. The van der Waals surface area contributed by atoms with Gasteiger partial charge in [-0.15, -0.1) is 0 Å². The Morgan fingerprint density at radius 3 is 2.63 bits per heavy atom. The molecule has 11 heteroatoms. The summed E-state index contributed by atoms with van der Waals surface area (Å²) in [6.07, 6.45) is 6.34. The maximum absolute atomic E-state index is 13.2. The van der Waals surface area contributed by atoms with E-state index in [2.05, 4.69) is 20.6 Å². The second-order valence-corrected chi connectivity index (χ2v) is 9.33. The molecule has 1 amide bonds. The van der Waals surface area contributed by atoms with Crippen molar-refractivity contribution in [3.8, 4) is 11.5 Å². The van der Waals surface area contributed by atoms with E-state index in [1.807, 2.05) is 0 Å². The number of nitrogens with zero attached hydrogens (tertiary/aromatic N) is 3. The van der Waals surface area contributed by atoms with E-state index < -0.39 is 0 Å². The molecular formula is C24H27ClN6O4. The molecule has 184 valence electrons. The lowest BCUT2D eigenvalue weighted by Gasteiger charge is -2.29. The van der Waals surface area contributed by atoms with Gasteiger partial charge < -0.3 is 34.7 Å². The Hall–Kier alpha value is -3.24. The molecular weight excluding hydrogens is 472 g/mol. The molecule has 35 heavy (non-hydrogen) atoms. The number of H-pyrrole nitrogens is 1. The monoisotopic (exact) mass is 498 g/mol. The Balaban J connectivity index is 1.33. The predicted molar refractivity (Wildman–Crippen MR) is 132 cm³/mol. The van der Waals surface area contributed by atoms with Gasteiger partial charge in [0.05, 0.1) is 34.9 Å². The first-order chi connectivity index (χ1) is 17.2. The van der Waals surface area contributed by atoms with Crippen LogP contribution in [0.2, 0.25) is 5.02 Å². The van der Waals surface area contributed by atoms with Gasteiger partial charge in [-0.1, -0.05) is 24.4 Å². The minimum Gasteiger partial charge on any atom is -0.485 e. The first kappa shape index (κ1) is 22.2. The van der Waals surface area contributed by atoms with Crippen LogP contribution in [0, 0.1) is 0 Å². The van der Waals surface area contributed by atoms with Crippen molar-refractivity contribution in [1.82, 2.24) is 19.9 Å². The summed E-state index contributed by atoms with van der Waals surface area (Å²) in [5, 5.41) is 8.17. The Labute approximate surface area is 207 Å². The largest absolute Gasteiger partial charge is 0.485 e. The average Bonchev–Trinajstić information content (AvgIpc) is 3.54. The van der Waals surface area contributed by atoms with Crippen molar-refractivity contribution in [2.45, 2.75) is 31.7 Å². The van der Waals surface area contributed by atoms with Crippen molar-refractivity contribution in [1.29, 1.82) is 0 Å². The van der Waals surface area contributed by atoms with Crippen LogP contribution in [0.25, 0.3) is 11.0 Å². The van der Waals surface area contributed by atoms with Crippen LogP contribution in [0.4, 0.5) is 17.5 Å². The molecule has 3 N–H and O–H groups in total. The molecule has 2 aromatic heterocycles. The fourth-order valence-corrected chi connectivity index (χ4v) is 5.11. The SMILES string of the molecule is O=C(c1ccc(Nc2nc(NC3CCCC3)c3c(Cl)c[nH]c3n2)c2c1OCCO2)N1CCOCC1. The van der Waals surface area contributed by atoms with Gasteiger partial charge in [0.1, 0.15) is 24.7 Å². The summed E-state index contributed by atoms with van der Waals surface area (Å²) >= 11 is 6.43. The lowest BCUT2D eigenvalue weighted by molar-refractivity contribution is 0.0298. The molecule has 1 aromatic carbocycles. The highest BCUT2D eigenvalue weighted by molar-refractivity contribution is 6.36. The normalized spacial score (nSPS) is 18.1. The lowest BCUT2D eigenvalue weighted by Crippen LogP contribution is -2.41. The standard InChI is InChI=1S/C24H27ClN6O4/c25-16-13-26-21-18(16)22(27-14-3-1-2-4-14)30-24(29-21)28-17-6-5-15(19-20(17)35-12-11-34-19)23(32)31-7-9-33-10-8-31/h5-6,13-14H,1-4,7-12H2,(H3,26,27,28,29,30). The second-order valence-electron chi connectivity index (χ2n) is 8.93. The first-order valence-corrected chi connectivity index (χ1v) is 12.4. The number of benzene rings is 1. The maximum Gasteiger partial charge on any atom is 0.257 e. The molecule has 0 unspecified atom stereocenters. The fraction of sp³-hybridized carbons (Fsp3) is 0.458. The van der Waals surface area contributed by atoms with Gasteiger partial charge in [-0.05, 0) is 25.0 Å². The molecule has 3 aliphatic rings. The minimum atomic E-state index is -0.0941. The van der Waals surface area contributed by atoms with Gasteiger partial charge in [0.2, 0.25) is 5.95 Å². The molecule has 10 nitrogen and oxygen atoms in total. The summed E-state index contributed by atoms with van der Waals surface area (Å²) in [4.78, 5) is 27.4. The van der Waals surface area contributed by atoms with E-state index in [0.717, 1.165) is 18.2 Å². The zero-order valence-corrected chi connectivity index (χ0v) is 20.0. The van der Waals surface area contributed by atoms with Crippen LogP contribution in [-0.4, -0.2) is 71.3 Å². The fourth-order valence-electron chi connectivity index (χ4n) is 4.88. The number of morpholine rings is 1. The summed E-state index contributed by atoms with van der Waals surface area (Å²) < 4.78 is 17.2. The first-order valence-electron chi connectivity index (χ1n) is 12.0. The highest BCUT2D eigenvalue weighted by Gasteiger charge is 2.28. The molecule has 2 aliphatic heterocycles. The number of ether oxygens (including phenoxy) is 3. The molecule has 0 bridgehead atoms. The zero-order valence-electron chi connectivity index (χ0n) is 19.2. The number of halogens is 1. The minimum absolute atomic E-state index is 0.0941. The van der Waals surface area contributed by atoms with E-state index in [1.54, 1.807) is 23.2 Å². The van der Waals surface area contributed by atoms with Crippen molar-refractivity contribution in [2.75, 3.05) is 50.2 Å². The number of anilines is 3. The Morgan fingerprint density at radius 2 is 1.83 bits per heavy atom. The van der Waals surface area contributed by atoms with Gasteiger partial charge in [-0.25, -0.2) is 0 Å². The van der Waals surface area contributed by atoms with E-state index in [1.165, 1.54) is 12.8 Å². The van der Waals surface area contributed by atoms with Gasteiger partial charge >= 0.3 is 0 Å². The number of aromatic nitrogens is 3. The smallest absolute Gasteiger partial charge is 0.257 e. The quantitative estimate of drug-likeness (QED) is 0.484. The Morgan fingerprint density at radius 1 is 1.06 bits per heavy atom. The van der Waals surface area contributed by atoms with Crippen molar-refractivity contribution in [2.24, 2.45) is 0 Å². The molecule has 1 saturated carbocycles. The van der Waals surface area contributed by atoms with Gasteiger partial charge in [0.25, 0.3) is 5.91 Å². The van der Waals surface area contributed by atoms with Crippen molar-refractivity contribution in [3.05, 3.63) is 28.9 Å². The molecule has 0 spiro atoms. The van der Waals surface area contributed by atoms with Gasteiger partial charge in [0, 0.05) is 25.3 Å². The molecule has 0 atom stereocenters. The number of hydrogen-bond donors (Lipinski definition) is 3. The molecule has 1 aliphatic carbocycles. The molecule has 3 aromatic rings. The average molecular weight is 499 g/mol. The summed E-state index contributed by atoms with van der Waals surface area (Å²) in [5.74, 6) is 1.91. The van der Waals surface area contributed by atoms with Gasteiger partial charge in [-0.3, -0.25) is 4.79 Å². The van der Waals surface area contributed by atoms with Gasteiger partial charge in [-0.2, -0.15) is 9.97 Å². The zero-order chi connectivity index (χ0) is 23.8. The van der Waals surface area contributed by atoms with Crippen LogP contribution in [0.1, 0.15) is 36.0 Å². The number of rotatable bonds is 5. The number of carbonyl (C=O) groups excluding carboxylic acids is 1. The number of amides is 1. The summed E-state index contributed by atoms with van der Waals surface area (Å²) in [6.45, 7) is 2.93. The number of aromatic amines is 1. The molecule has 2 fully saturated rings. The second kappa shape index (κ2) is 9.43. The number of hydrogen-bond acceptors (Lipinski definition) is 8. The maximum atomic E-state index is 13.2. The Kier molecular flexibility index (Phi) is 5.99. The topological polar surface area (TPSA) is 114 Å². The van der Waals surface area contributed by atoms with Crippen molar-refractivity contribution in [3.63, 3.8) is 0 Å². The third kappa shape index (κ3) is 4.32. The third-order valence-electron chi connectivity index (χ3n) is 6.64. The number of fused-ring (bicyclic) bond motifs is 2. The van der Waals surface area contributed by atoms with Crippen LogP contribution in [0.15, 0.2) is 18.3 Å². The van der Waals surface area contributed by atoms with E-state index in [9.17, 15) is 4.79 Å². The summed E-state index contributed by atoms with van der Waals surface area (Å²) in [5.41, 5.74) is 1.74. The van der Waals surface area contributed by atoms with E-state index in [4.69, 9.17) is 30.8 Å². The highest BCUT2D eigenvalue weighted by Crippen LogP contribution is 2.42. The molecule has 1 saturated heterocycles. The van der Waals surface area contributed by atoms with E-state index >= 15 is 0 Å². The van der Waals surface area contributed by atoms with Crippen LogP contribution in [0.5, 0.6) is 11.5 Å². The lowest BCUT2D eigenvalue weighted by atomic mass is 10.1. The predicted octanol–water partition coefficient (Wildman–Crippen LogP) is 3.95. The van der Waals surface area contributed by atoms with Gasteiger partial charge in [0.15, 0.2) is 11.5 Å². The molecule has 4 heterocycles.